The first-order valence-electron chi connectivity index (χ1n) is 6.01. The third-order valence-corrected chi connectivity index (χ3v) is 3.69. The zero-order chi connectivity index (χ0) is 14.1. The Morgan fingerprint density at radius 2 is 1.95 bits per heavy atom. The van der Waals surface area contributed by atoms with E-state index in [1.807, 2.05) is 40.9 Å². The minimum absolute atomic E-state index is 0.339. The molecule has 1 aromatic carbocycles. The molecule has 4 nitrogen and oxygen atoms in total. The number of halogens is 1. The van der Waals surface area contributed by atoms with E-state index in [2.05, 4.69) is 25.7 Å². The third kappa shape index (κ3) is 2.20. The SMILES string of the molecule is COC(=O)c1ccc(-c2cn3c(Br)cccc3n2)cc1. The smallest absolute Gasteiger partial charge is 0.337 e. The molecule has 0 amide bonds. The van der Waals surface area contributed by atoms with Gasteiger partial charge in [-0.05, 0) is 40.2 Å². The number of imidazole rings is 1. The minimum Gasteiger partial charge on any atom is -0.465 e. The highest BCUT2D eigenvalue weighted by Gasteiger charge is 2.08. The zero-order valence-corrected chi connectivity index (χ0v) is 12.3. The fraction of sp³-hybridized carbons (Fsp3) is 0.0667. The van der Waals surface area contributed by atoms with Gasteiger partial charge in [-0.3, -0.25) is 4.40 Å². The van der Waals surface area contributed by atoms with E-state index in [0.29, 0.717) is 5.56 Å². The van der Waals surface area contributed by atoms with Crippen molar-refractivity contribution in [1.82, 2.24) is 9.38 Å². The van der Waals surface area contributed by atoms with Crippen LogP contribution < -0.4 is 0 Å². The summed E-state index contributed by atoms with van der Waals surface area (Å²) in [6.45, 7) is 0. The Kier molecular flexibility index (Phi) is 3.28. The molecule has 100 valence electrons. The van der Waals surface area contributed by atoms with Gasteiger partial charge in [-0.15, -0.1) is 0 Å². The Hall–Kier alpha value is -2.14. The second-order valence-electron chi connectivity index (χ2n) is 4.27. The number of nitrogens with zero attached hydrogens (tertiary/aromatic N) is 2. The molecule has 0 saturated heterocycles. The monoisotopic (exact) mass is 330 g/mol. The molecule has 0 spiro atoms. The Bertz CT molecular complexity index is 778. The fourth-order valence-electron chi connectivity index (χ4n) is 2.01. The summed E-state index contributed by atoms with van der Waals surface area (Å²) < 4.78 is 7.59. The highest BCUT2D eigenvalue weighted by Crippen LogP contribution is 2.22. The van der Waals surface area contributed by atoms with Gasteiger partial charge >= 0.3 is 5.97 Å². The lowest BCUT2D eigenvalue weighted by molar-refractivity contribution is 0.0601. The van der Waals surface area contributed by atoms with Gasteiger partial charge in [0.25, 0.3) is 0 Å². The molecule has 5 heteroatoms. The van der Waals surface area contributed by atoms with Crippen LogP contribution in [-0.4, -0.2) is 22.5 Å². The molecule has 0 bridgehead atoms. The first kappa shape index (κ1) is 12.9. The molecule has 0 radical (unpaired) electrons. The van der Waals surface area contributed by atoms with Crippen molar-refractivity contribution < 1.29 is 9.53 Å². The number of pyridine rings is 1. The largest absolute Gasteiger partial charge is 0.465 e. The van der Waals surface area contributed by atoms with E-state index in [-0.39, 0.29) is 5.97 Å². The number of rotatable bonds is 2. The van der Waals surface area contributed by atoms with E-state index in [1.165, 1.54) is 7.11 Å². The summed E-state index contributed by atoms with van der Waals surface area (Å²) in [5.41, 5.74) is 3.20. The summed E-state index contributed by atoms with van der Waals surface area (Å²) in [4.78, 5) is 16.0. The van der Waals surface area contributed by atoms with Crippen LogP contribution in [0.15, 0.2) is 53.3 Å². The molecule has 0 aliphatic carbocycles. The number of benzene rings is 1. The second kappa shape index (κ2) is 5.09. The molecular formula is C15H11BrN2O2. The molecule has 0 aliphatic rings. The number of hydrogen-bond donors (Lipinski definition) is 0. The number of carbonyl (C=O) groups excluding carboxylic acids is 1. The minimum atomic E-state index is -0.339. The van der Waals surface area contributed by atoms with Crippen molar-refractivity contribution in [2.45, 2.75) is 0 Å². The number of aromatic nitrogens is 2. The maximum Gasteiger partial charge on any atom is 0.337 e. The standard InChI is InChI=1S/C15H11BrN2O2/c1-20-15(19)11-7-5-10(6-8-11)12-9-18-13(16)3-2-4-14(18)17-12/h2-9H,1H3. The predicted octanol–water partition coefficient (Wildman–Crippen LogP) is 3.55. The van der Waals surface area contributed by atoms with Crippen LogP contribution in [0.25, 0.3) is 16.9 Å². The van der Waals surface area contributed by atoms with E-state index in [1.54, 1.807) is 12.1 Å². The fourth-order valence-corrected chi connectivity index (χ4v) is 2.45. The lowest BCUT2D eigenvalue weighted by atomic mass is 10.1. The summed E-state index contributed by atoms with van der Waals surface area (Å²) >= 11 is 3.48. The van der Waals surface area contributed by atoms with Gasteiger partial charge in [-0.1, -0.05) is 18.2 Å². The van der Waals surface area contributed by atoms with Crippen LogP contribution >= 0.6 is 15.9 Å². The molecule has 2 aromatic heterocycles. The Balaban J connectivity index is 2.02. The number of fused-ring (bicyclic) bond motifs is 1. The van der Waals surface area contributed by atoms with Crippen molar-refractivity contribution in [3.05, 3.63) is 58.8 Å². The van der Waals surface area contributed by atoms with Gasteiger partial charge in [-0.2, -0.15) is 0 Å². The highest BCUT2D eigenvalue weighted by molar-refractivity contribution is 9.10. The lowest BCUT2D eigenvalue weighted by Crippen LogP contribution is -2.00. The van der Waals surface area contributed by atoms with Crippen LogP contribution in [-0.2, 0) is 4.74 Å². The summed E-state index contributed by atoms with van der Waals surface area (Å²) in [7, 11) is 1.37. The van der Waals surface area contributed by atoms with Gasteiger partial charge < -0.3 is 4.74 Å². The normalized spacial score (nSPS) is 10.7. The van der Waals surface area contributed by atoms with E-state index < -0.39 is 0 Å². The van der Waals surface area contributed by atoms with Crippen LogP contribution in [0.4, 0.5) is 0 Å². The molecule has 0 unspecified atom stereocenters. The topological polar surface area (TPSA) is 43.6 Å². The molecule has 20 heavy (non-hydrogen) atoms. The second-order valence-corrected chi connectivity index (χ2v) is 5.08. The van der Waals surface area contributed by atoms with Gasteiger partial charge in [0.2, 0.25) is 0 Å². The molecule has 0 fully saturated rings. The Morgan fingerprint density at radius 3 is 2.60 bits per heavy atom. The van der Waals surface area contributed by atoms with Crippen LogP contribution in [0, 0.1) is 0 Å². The van der Waals surface area contributed by atoms with Crippen LogP contribution in [0.1, 0.15) is 10.4 Å². The van der Waals surface area contributed by atoms with Crippen LogP contribution in [0.3, 0.4) is 0 Å². The average molecular weight is 331 g/mol. The molecule has 0 atom stereocenters. The molecule has 3 aromatic rings. The Morgan fingerprint density at radius 1 is 1.20 bits per heavy atom. The predicted molar refractivity (Wildman–Crippen MR) is 79.7 cm³/mol. The molecule has 0 saturated carbocycles. The summed E-state index contributed by atoms with van der Waals surface area (Å²) in [6.07, 6.45) is 1.95. The van der Waals surface area contributed by atoms with Crippen LogP contribution in [0.2, 0.25) is 0 Å². The first-order chi connectivity index (χ1) is 9.69. The highest BCUT2D eigenvalue weighted by atomic mass is 79.9. The summed E-state index contributed by atoms with van der Waals surface area (Å²) in [5, 5.41) is 0. The molecule has 2 heterocycles. The van der Waals surface area contributed by atoms with Crippen molar-refractivity contribution in [1.29, 1.82) is 0 Å². The van der Waals surface area contributed by atoms with E-state index in [9.17, 15) is 4.79 Å². The van der Waals surface area contributed by atoms with Gasteiger partial charge in [-0.25, -0.2) is 9.78 Å². The summed E-state index contributed by atoms with van der Waals surface area (Å²) in [5.74, 6) is -0.339. The van der Waals surface area contributed by atoms with E-state index in [4.69, 9.17) is 0 Å². The molecule has 0 aliphatic heterocycles. The van der Waals surface area contributed by atoms with Crippen molar-refractivity contribution in [3.63, 3.8) is 0 Å². The van der Waals surface area contributed by atoms with Gasteiger partial charge in [0, 0.05) is 11.8 Å². The third-order valence-electron chi connectivity index (χ3n) is 3.04. The lowest BCUT2D eigenvalue weighted by Gasteiger charge is -2.00. The first-order valence-corrected chi connectivity index (χ1v) is 6.81. The zero-order valence-electron chi connectivity index (χ0n) is 10.7. The molecule has 0 N–H and O–H groups in total. The van der Waals surface area contributed by atoms with Crippen molar-refractivity contribution in [3.8, 4) is 11.3 Å². The molecule has 3 rings (SSSR count). The maximum atomic E-state index is 11.4. The molecular weight excluding hydrogens is 320 g/mol. The maximum absolute atomic E-state index is 11.4. The van der Waals surface area contributed by atoms with E-state index in [0.717, 1.165) is 21.5 Å². The Labute approximate surface area is 124 Å². The quantitative estimate of drug-likeness (QED) is 0.533. The average Bonchev–Trinajstić information content (AvgIpc) is 2.92. The van der Waals surface area contributed by atoms with E-state index >= 15 is 0 Å². The van der Waals surface area contributed by atoms with Crippen LogP contribution in [0.5, 0.6) is 0 Å². The van der Waals surface area contributed by atoms with Gasteiger partial charge in [0.1, 0.15) is 5.65 Å². The van der Waals surface area contributed by atoms with Crippen molar-refractivity contribution in [2.75, 3.05) is 7.11 Å². The number of hydrogen-bond acceptors (Lipinski definition) is 3. The number of esters is 1. The number of carbonyl (C=O) groups is 1. The number of ether oxygens (including phenoxy) is 1. The van der Waals surface area contributed by atoms with Crippen molar-refractivity contribution in [2.24, 2.45) is 0 Å². The van der Waals surface area contributed by atoms with Crippen molar-refractivity contribution >= 4 is 27.5 Å². The number of methoxy groups -OCH3 is 1. The summed E-state index contributed by atoms with van der Waals surface area (Å²) in [6, 6.07) is 13.0. The van der Waals surface area contributed by atoms with Gasteiger partial charge in [0.05, 0.1) is 23.0 Å². The van der Waals surface area contributed by atoms with Gasteiger partial charge in [0.15, 0.2) is 0 Å².